The molecule has 0 radical (unpaired) electrons. The van der Waals surface area contributed by atoms with Gasteiger partial charge in [-0.2, -0.15) is 0 Å². The zero-order valence-electron chi connectivity index (χ0n) is 13.9. The summed E-state index contributed by atoms with van der Waals surface area (Å²) < 4.78 is 11.1. The summed E-state index contributed by atoms with van der Waals surface area (Å²) in [6.07, 6.45) is 0.0703. The first-order valence-corrected chi connectivity index (χ1v) is 7.93. The Kier molecular flexibility index (Phi) is 5.76. The Bertz CT molecular complexity index is 553. The minimum atomic E-state index is 0. The molecule has 2 aliphatic rings. The summed E-state index contributed by atoms with van der Waals surface area (Å²) in [5.74, 6) is 2.59. The van der Waals surface area contributed by atoms with Crippen LogP contribution < -0.4 is 14.8 Å². The average molecular weight is 341 g/mol. The Morgan fingerprint density at radius 2 is 1.87 bits per heavy atom. The predicted molar refractivity (Wildman–Crippen MR) is 91.8 cm³/mol. The molecular weight excluding hydrogens is 316 g/mol. The second kappa shape index (κ2) is 7.41. The molecule has 2 atom stereocenters. The lowest BCUT2D eigenvalue weighted by Gasteiger charge is -2.19. The normalized spacial score (nSPS) is 22.7. The molecule has 23 heavy (non-hydrogen) atoms. The molecular formula is C17H25ClN2O3. The van der Waals surface area contributed by atoms with Crippen molar-refractivity contribution in [3.63, 3.8) is 0 Å². The number of carbonyl (C=O) groups excluding carboxylic acids is 1. The summed E-state index contributed by atoms with van der Waals surface area (Å²) in [4.78, 5) is 14.7. The monoisotopic (exact) mass is 340 g/mol. The van der Waals surface area contributed by atoms with Crippen LogP contribution in [0.4, 0.5) is 0 Å². The summed E-state index contributed by atoms with van der Waals surface area (Å²) in [6, 6.07) is 5.44. The molecule has 3 rings (SSSR count). The molecule has 1 N–H and O–H groups in total. The van der Waals surface area contributed by atoms with Crippen molar-refractivity contribution in [1.29, 1.82) is 0 Å². The van der Waals surface area contributed by atoms with E-state index in [4.69, 9.17) is 9.47 Å². The van der Waals surface area contributed by atoms with Gasteiger partial charge in [-0.3, -0.25) is 4.79 Å². The van der Waals surface area contributed by atoms with E-state index in [0.29, 0.717) is 28.9 Å². The van der Waals surface area contributed by atoms with E-state index >= 15 is 0 Å². The molecule has 0 bridgehead atoms. The molecule has 128 valence electrons. The number of hydrogen-bond acceptors (Lipinski definition) is 4. The van der Waals surface area contributed by atoms with Gasteiger partial charge in [-0.1, -0.05) is 0 Å². The molecule has 0 aromatic heterocycles. The molecule has 1 amide bonds. The molecule has 0 spiro atoms. The van der Waals surface area contributed by atoms with Gasteiger partial charge in [-0.25, -0.2) is 0 Å². The third-order valence-electron chi connectivity index (χ3n) is 4.45. The third kappa shape index (κ3) is 3.72. The van der Waals surface area contributed by atoms with Gasteiger partial charge in [-0.15, -0.1) is 12.4 Å². The van der Waals surface area contributed by atoms with E-state index < -0.39 is 0 Å². The van der Waals surface area contributed by atoms with Crippen LogP contribution in [0, 0.1) is 11.8 Å². The van der Waals surface area contributed by atoms with Crippen molar-refractivity contribution in [2.75, 3.05) is 33.3 Å². The van der Waals surface area contributed by atoms with E-state index in [-0.39, 0.29) is 24.4 Å². The number of benzene rings is 1. The summed E-state index contributed by atoms with van der Waals surface area (Å²) in [5, 5.41) is 3.39. The Morgan fingerprint density at radius 1 is 1.22 bits per heavy atom. The summed E-state index contributed by atoms with van der Waals surface area (Å²) in [6.45, 7) is 7.69. The standard InChI is InChI=1S/C17H24N2O3.ClH/c1-11(2)22-15-5-4-12(6-16(15)21-3)17(20)19-9-13-7-18-8-14(13)10-19;/h4-6,11,13-14,18H,7-10H2,1-3H3;1H/t13-,14+;. The van der Waals surface area contributed by atoms with Crippen molar-refractivity contribution in [1.82, 2.24) is 10.2 Å². The highest BCUT2D eigenvalue weighted by Crippen LogP contribution is 2.31. The number of amides is 1. The minimum absolute atomic E-state index is 0. The zero-order chi connectivity index (χ0) is 15.7. The van der Waals surface area contributed by atoms with Crippen molar-refractivity contribution < 1.29 is 14.3 Å². The van der Waals surface area contributed by atoms with Crippen molar-refractivity contribution in [3.05, 3.63) is 23.8 Å². The quantitative estimate of drug-likeness (QED) is 0.913. The van der Waals surface area contributed by atoms with E-state index in [1.165, 1.54) is 0 Å². The lowest BCUT2D eigenvalue weighted by molar-refractivity contribution is 0.0781. The number of rotatable bonds is 4. The van der Waals surface area contributed by atoms with Crippen LogP contribution in [0.1, 0.15) is 24.2 Å². The molecule has 2 fully saturated rings. The number of methoxy groups -OCH3 is 1. The second-order valence-electron chi connectivity index (χ2n) is 6.42. The van der Waals surface area contributed by atoms with E-state index in [1.807, 2.05) is 30.9 Å². The fourth-order valence-corrected chi connectivity index (χ4v) is 3.36. The van der Waals surface area contributed by atoms with Crippen LogP contribution in [0.5, 0.6) is 11.5 Å². The Hall–Kier alpha value is -1.46. The summed E-state index contributed by atoms with van der Waals surface area (Å²) in [7, 11) is 1.60. The fourth-order valence-electron chi connectivity index (χ4n) is 3.36. The molecule has 0 unspecified atom stereocenters. The third-order valence-corrected chi connectivity index (χ3v) is 4.45. The van der Waals surface area contributed by atoms with Gasteiger partial charge < -0.3 is 19.7 Å². The fraction of sp³-hybridized carbons (Fsp3) is 0.588. The largest absolute Gasteiger partial charge is 0.493 e. The van der Waals surface area contributed by atoms with E-state index in [0.717, 1.165) is 26.2 Å². The Labute approximate surface area is 143 Å². The van der Waals surface area contributed by atoms with Crippen molar-refractivity contribution in [2.24, 2.45) is 11.8 Å². The molecule has 5 nitrogen and oxygen atoms in total. The number of nitrogens with zero attached hydrogens (tertiary/aromatic N) is 1. The van der Waals surface area contributed by atoms with Gasteiger partial charge in [0, 0.05) is 31.7 Å². The average Bonchev–Trinajstić information content (AvgIpc) is 3.07. The maximum atomic E-state index is 12.7. The van der Waals surface area contributed by atoms with Crippen LogP contribution in [0.15, 0.2) is 18.2 Å². The first kappa shape index (κ1) is 17.9. The maximum Gasteiger partial charge on any atom is 0.254 e. The number of carbonyl (C=O) groups is 1. The van der Waals surface area contributed by atoms with Gasteiger partial charge in [0.05, 0.1) is 13.2 Å². The highest BCUT2D eigenvalue weighted by atomic mass is 35.5. The van der Waals surface area contributed by atoms with Crippen molar-refractivity contribution in [3.8, 4) is 11.5 Å². The summed E-state index contributed by atoms with van der Waals surface area (Å²) >= 11 is 0. The van der Waals surface area contributed by atoms with E-state index in [9.17, 15) is 4.79 Å². The minimum Gasteiger partial charge on any atom is -0.493 e. The molecule has 0 aliphatic carbocycles. The highest BCUT2D eigenvalue weighted by Gasteiger charge is 2.38. The maximum absolute atomic E-state index is 12.7. The topological polar surface area (TPSA) is 50.8 Å². The Balaban J connectivity index is 0.00000192. The van der Waals surface area contributed by atoms with Crippen LogP contribution in [0.2, 0.25) is 0 Å². The van der Waals surface area contributed by atoms with Crippen LogP contribution in [0.3, 0.4) is 0 Å². The predicted octanol–water partition coefficient (Wildman–Crippen LogP) is 2.20. The van der Waals surface area contributed by atoms with Crippen molar-refractivity contribution >= 4 is 18.3 Å². The second-order valence-corrected chi connectivity index (χ2v) is 6.42. The number of nitrogens with one attached hydrogen (secondary N) is 1. The van der Waals surface area contributed by atoms with Crippen LogP contribution >= 0.6 is 12.4 Å². The lowest BCUT2D eigenvalue weighted by Crippen LogP contribution is -2.31. The first-order valence-electron chi connectivity index (χ1n) is 7.93. The van der Waals surface area contributed by atoms with Gasteiger partial charge in [0.25, 0.3) is 5.91 Å². The first-order chi connectivity index (χ1) is 10.6. The molecule has 2 aliphatic heterocycles. The number of fused-ring (bicyclic) bond motifs is 1. The molecule has 0 saturated carbocycles. The zero-order valence-corrected chi connectivity index (χ0v) is 14.7. The van der Waals surface area contributed by atoms with Crippen LogP contribution in [0.25, 0.3) is 0 Å². The van der Waals surface area contributed by atoms with Gasteiger partial charge in [-0.05, 0) is 43.9 Å². The molecule has 1 aromatic rings. The van der Waals surface area contributed by atoms with Crippen LogP contribution in [-0.2, 0) is 0 Å². The van der Waals surface area contributed by atoms with Gasteiger partial charge in [0.1, 0.15) is 0 Å². The van der Waals surface area contributed by atoms with Gasteiger partial charge in [0.15, 0.2) is 11.5 Å². The molecule has 6 heteroatoms. The molecule has 2 saturated heterocycles. The molecule has 1 aromatic carbocycles. The van der Waals surface area contributed by atoms with Gasteiger partial charge >= 0.3 is 0 Å². The Morgan fingerprint density at radius 3 is 2.43 bits per heavy atom. The highest BCUT2D eigenvalue weighted by molar-refractivity contribution is 5.95. The summed E-state index contributed by atoms with van der Waals surface area (Å²) in [5.41, 5.74) is 0.667. The van der Waals surface area contributed by atoms with Gasteiger partial charge in [0.2, 0.25) is 0 Å². The van der Waals surface area contributed by atoms with E-state index in [1.54, 1.807) is 13.2 Å². The van der Waals surface area contributed by atoms with Crippen molar-refractivity contribution in [2.45, 2.75) is 20.0 Å². The molecule has 2 heterocycles. The number of hydrogen-bond donors (Lipinski definition) is 1. The number of ether oxygens (including phenoxy) is 2. The lowest BCUT2D eigenvalue weighted by atomic mass is 10.0. The number of halogens is 1. The SMILES string of the molecule is COc1cc(C(=O)N2C[C@H]3CNC[C@H]3C2)ccc1OC(C)C.Cl. The number of likely N-dealkylation sites (tertiary alicyclic amines) is 1. The van der Waals surface area contributed by atoms with Crippen LogP contribution in [-0.4, -0.2) is 50.2 Å². The smallest absolute Gasteiger partial charge is 0.254 e. The van der Waals surface area contributed by atoms with E-state index in [2.05, 4.69) is 5.32 Å².